The third-order valence-corrected chi connectivity index (χ3v) is 9.22. The molecule has 0 saturated carbocycles. The van der Waals surface area contributed by atoms with Crippen LogP contribution < -0.4 is 10.1 Å². The SMILES string of the molecule is COc1ccc(S(=O)(=O)N2CCC3(CC2)N[C@H](Cc2ccccc2)C(=O)N3Cc2ccc(F)cc2)cc1. The average molecular weight is 524 g/mol. The third kappa shape index (κ3) is 5.12. The van der Waals surface area contributed by atoms with Crippen molar-refractivity contribution in [3.8, 4) is 5.75 Å². The van der Waals surface area contributed by atoms with Crippen molar-refractivity contribution in [2.45, 2.75) is 42.4 Å². The van der Waals surface area contributed by atoms with E-state index in [0.29, 0.717) is 31.6 Å². The molecule has 194 valence electrons. The normalized spacial score (nSPS) is 19.9. The van der Waals surface area contributed by atoms with Crippen LogP contribution in [0.1, 0.15) is 24.0 Å². The number of hydrogen-bond donors (Lipinski definition) is 1. The van der Waals surface area contributed by atoms with E-state index < -0.39 is 21.7 Å². The Bertz CT molecular complexity index is 1340. The van der Waals surface area contributed by atoms with E-state index in [1.54, 1.807) is 36.4 Å². The first-order valence-electron chi connectivity index (χ1n) is 12.3. The summed E-state index contributed by atoms with van der Waals surface area (Å²) in [5, 5.41) is 3.58. The van der Waals surface area contributed by atoms with Crippen molar-refractivity contribution in [3.63, 3.8) is 0 Å². The molecule has 2 heterocycles. The van der Waals surface area contributed by atoms with Gasteiger partial charge in [0.25, 0.3) is 0 Å². The topological polar surface area (TPSA) is 79.0 Å². The van der Waals surface area contributed by atoms with Gasteiger partial charge in [-0.05, 0) is 66.8 Å². The quantitative estimate of drug-likeness (QED) is 0.513. The average Bonchev–Trinajstić information content (AvgIpc) is 3.16. The van der Waals surface area contributed by atoms with Gasteiger partial charge in [0.2, 0.25) is 15.9 Å². The first-order chi connectivity index (χ1) is 17.8. The first kappa shape index (κ1) is 25.4. The summed E-state index contributed by atoms with van der Waals surface area (Å²) < 4.78 is 46.8. The van der Waals surface area contributed by atoms with Gasteiger partial charge in [0.15, 0.2) is 0 Å². The highest BCUT2D eigenvalue weighted by Gasteiger charge is 2.52. The molecule has 2 fully saturated rings. The fraction of sp³-hybridized carbons (Fsp3) is 0.321. The summed E-state index contributed by atoms with van der Waals surface area (Å²) in [6, 6.07) is 21.9. The zero-order chi connectivity index (χ0) is 26.0. The minimum Gasteiger partial charge on any atom is -0.497 e. The molecule has 2 aliphatic rings. The van der Waals surface area contributed by atoms with Gasteiger partial charge in [0.1, 0.15) is 11.6 Å². The summed E-state index contributed by atoms with van der Waals surface area (Å²) in [6.45, 7) is 0.863. The number of methoxy groups -OCH3 is 1. The van der Waals surface area contributed by atoms with Crippen molar-refractivity contribution in [1.82, 2.24) is 14.5 Å². The van der Waals surface area contributed by atoms with Crippen LogP contribution in [0.3, 0.4) is 0 Å². The smallest absolute Gasteiger partial charge is 0.243 e. The van der Waals surface area contributed by atoms with E-state index >= 15 is 0 Å². The van der Waals surface area contributed by atoms with Crippen molar-refractivity contribution in [3.05, 3.63) is 95.8 Å². The highest BCUT2D eigenvalue weighted by atomic mass is 32.2. The van der Waals surface area contributed by atoms with E-state index in [2.05, 4.69) is 5.32 Å². The van der Waals surface area contributed by atoms with E-state index in [-0.39, 0.29) is 29.7 Å². The van der Waals surface area contributed by atoms with E-state index in [1.165, 1.54) is 23.5 Å². The molecule has 9 heteroatoms. The van der Waals surface area contributed by atoms with E-state index in [4.69, 9.17) is 4.74 Å². The second-order valence-corrected chi connectivity index (χ2v) is 11.5. The highest BCUT2D eigenvalue weighted by molar-refractivity contribution is 7.89. The lowest BCUT2D eigenvalue weighted by Gasteiger charge is -2.44. The molecule has 0 bridgehead atoms. The Kier molecular flexibility index (Phi) is 7.02. The second kappa shape index (κ2) is 10.2. The number of amides is 1. The Morgan fingerprint density at radius 1 is 0.946 bits per heavy atom. The Morgan fingerprint density at radius 2 is 1.59 bits per heavy atom. The number of benzene rings is 3. The minimum absolute atomic E-state index is 0.0281. The number of piperidine rings is 1. The van der Waals surface area contributed by atoms with E-state index in [1.807, 2.05) is 35.2 Å². The summed E-state index contributed by atoms with van der Waals surface area (Å²) in [7, 11) is -2.15. The Hall–Kier alpha value is -3.27. The van der Waals surface area contributed by atoms with Crippen molar-refractivity contribution >= 4 is 15.9 Å². The largest absolute Gasteiger partial charge is 0.497 e. The molecule has 7 nitrogen and oxygen atoms in total. The lowest BCUT2D eigenvalue weighted by molar-refractivity contribution is -0.134. The Balaban J connectivity index is 1.38. The monoisotopic (exact) mass is 523 g/mol. The molecule has 1 amide bonds. The van der Waals surface area contributed by atoms with Crippen LogP contribution in [0.4, 0.5) is 4.39 Å². The second-order valence-electron chi connectivity index (χ2n) is 9.55. The predicted molar refractivity (Wildman–Crippen MR) is 138 cm³/mol. The summed E-state index contributed by atoms with van der Waals surface area (Å²) in [5.41, 5.74) is 1.19. The Labute approximate surface area is 216 Å². The van der Waals surface area contributed by atoms with Crippen LogP contribution in [0.2, 0.25) is 0 Å². The number of ether oxygens (including phenoxy) is 1. The lowest BCUT2D eigenvalue weighted by Crippen LogP contribution is -2.59. The molecule has 0 aromatic heterocycles. The maximum atomic E-state index is 13.7. The molecule has 1 atom stereocenters. The van der Waals surface area contributed by atoms with Gasteiger partial charge >= 0.3 is 0 Å². The molecule has 3 aromatic carbocycles. The van der Waals surface area contributed by atoms with Gasteiger partial charge < -0.3 is 9.64 Å². The van der Waals surface area contributed by atoms with Gasteiger partial charge in [-0.2, -0.15) is 4.31 Å². The van der Waals surface area contributed by atoms with Crippen LogP contribution in [0, 0.1) is 5.82 Å². The van der Waals surface area contributed by atoms with E-state index in [0.717, 1.165) is 11.1 Å². The molecule has 0 unspecified atom stereocenters. The molecule has 3 aromatic rings. The molecular weight excluding hydrogens is 493 g/mol. The Morgan fingerprint density at radius 3 is 2.22 bits per heavy atom. The maximum absolute atomic E-state index is 13.7. The fourth-order valence-corrected chi connectivity index (χ4v) is 6.70. The number of nitrogens with one attached hydrogen (secondary N) is 1. The van der Waals surface area contributed by atoms with E-state index in [9.17, 15) is 17.6 Å². The van der Waals surface area contributed by atoms with Crippen molar-refractivity contribution in [2.24, 2.45) is 0 Å². The van der Waals surface area contributed by atoms with Gasteiger partial charge in [0.05, 0.1) is 23.7 Å². The fourth-order valence-electron chi connectivity index (χ4n) is 5.26. The van der Waals surface area contributed by atoms with Gasteiger partial charge in [0, 0.05) is 19.6 Å². The number of carbonyl (C=O) groups is 1. The number of rotatable bonds is 7. The molecule has 1 spiro atoms. The van der Waals surface area contributed by atoms with Crippen LogP contribution >= 0.6 is 0 Å². The molecular formula is C28H30FN3O4S. The lowest BCUT2D eigenvalue weighted by atomic mass is 9.96. The van der Waals surface area contributed by atoms with Gasteiger partial charge in [-0.15, -0.1) is 0 Å². The molecule has 0 aliphatic carbocycles. The van der Waals surface area contributed by atoms with Crippen LogP contribution in [-0.2, 0) is 27.8 Å². The minimum atomic E-state index is -3.69. The van der Waals surface area contributed by atoms with Gasteiger partial charge in [-0.25, -0.2) is 12.8 Å². The van der Waals surface area contributed by atoms with Crippen molar-refractivity contribution in [2.75, 3.05) is 20.2 Å². The highest BCUT2D eigenvalue weighted by Crippen LogP contribution is 2.36. The number of carbonyl (C=O) groups excluding carboxylic acids is 1. The summed E-state index contributed by atoms with van der Waals surface area (Å²) >= 11 is 0. The van der Waals surface area contributed by atoms with Crippen LogP contribution in [-0.4, -0.2) is 55.4 Å². The zero-order valence-corrected chi connectivity index (χ0v) is 21.5. The standard InChI is InChI=1S/C28H30FN3O4S/c1-36-24-11-13-25(14-12-24)37(34,35)31-17-15-28(16-18-31)30-26(19-21-5-3-2-4-6-21)27(33)32(28)20-22-7-9-23(29)10-8-22/h2-14,26,30H,15-20H2,1H3/t26-/m1/s1. The third-order valence-electron chi connectivity index (χ3n) is 7.31. The summed E-state index contributed by atoms with van der Waals surface area (Å²) in [5.74, 6) is 0.231. The molecule has 5 rings (SSSR count). The number of halogens is 1. The first-order valence-corrected chi connectivity index (χ1v) is 13.8. The van der Waals surface area contributed by atoms with Gasteiger partial charge in [-0.1, -0.05) is 42.5 Å². The zero-order valence-electron chi connectivity index (χ0n) is 20.6. The van der Waals surface area contributed by atoms with Crippen LogP contribution in [0.15, 0.2) is 83.8 Å². The van der Waals surface area contributed by atoms with Crippen molar-refractivity contribution < 1.29 is 22.3 Å². The number of hydrogen-bond acceptors (Lipinski definition) is 5. The molecule has 2 aliphatic heterocycles. The molecule has 37 heavy (non-hydrogen) atoms. The summed E-state index contributed by atoms with van der Waals surface area (Å²) in [6.07, 6.45) is 1.43. The number of nitrogens with zero attached hydrogens (tertiary/aromatic N) is 2. The van der Waals surface area contributed by atoms with Crippen LogP contribution in [0.5, 0.6) is 5.75 Å². The number of sulfonamides is 1. The molecule has 1 N–H and O–H groups in total. The predicted octanol–water partition coefficient (Wildman–Crippen LogP) is 3.56. The van der Waals surface area contributed by atoms with Crippen molar-refractivity contribution in [1.29, 1.82) is 0 Å². The summed E-state index contributed by atoms with van der Waals surface area (Å²) in [4.78, 5) is 15.7. The van der Waals surface area contributed by atoms with Gasteiger partial charge in [-0.3, -0.25) is 10.1 Å². The maximum Gasteiger partial charge on any atom is 0.243 e. The molecule has 2 saturated heterocycles. The van der Waals surface area contributed by atoms with Crippen LogP contribution in [0.25, 0.3) is 0 Å². The molecule has 0 radical (unpaired) electrons.